The first-order valence-corrected chi connectivity index (χ1v) is 12.1. The minimum absolute atomic E-state index is 0.0373. The van der Waals surface area contributed by atoms with Crippen molar-refractivity contribution < 1.29 is 19.3 Å². The van der Waals surface area contributed by atoms with Gasteiger partial charge >= 0.3 is 0 Å². The number of rotatable bonds is 3. The molecule has 2 aromatic rings. The lowest BCUT2D eigenvalue weighted by molar-refractivity contribution is -0.0875. The summed E-state index contributed by atoms with van der Waals surface area (Å²) < 4.78 is 21.2. The second kappa shape index (κ2) is 6.73. The van der Waals surface area contributed by atoms with Gasteiger partial charge < -0.3 is 14.9 Å². The lowest BCUT2D eigenvalue weighted by Gasteiger charge is -2.60. The van der Waals surface area contributed by atoms with Crippen LogP contribution in [0.4, 0.5) is 4.39 Å². The van der Waals surface area contributed by atoms with E-state index in [-0.39, 0.29) is 34.9 Å². The van der Waals surface area contributed by atoms with Gasteiger partial charge in [-0.15, -0.1) is 6.58 Å². The van der Waals surface area contributed by atoms with E-state index in [4.69, 9.17) is 4.74 Å². The Morgan fingerprint density at radius 3 is 2.85 bits per heavy atom. The summed E-state index contributed by atoms with van der Waals surface area (Å²) in [4.78, 5) is 4.89. The average molecular weight is 449 g/mol. The molecule has 1 saturated heterocycles. The molecule has 2 bridgehead atoms. The summed E-state index contributed by atoms with van der Waals surface area (Å²) >= 11 is 0. The summed E-state index contributed by atoms with van der Waals surface area (Å²) in [6.07, 6.45) is 5.62. The molecule has 2 fully saturated rings. The van der Waals surface area contributed by atoms with Crippen molar-refractivity contribution >= 4 is 0 Å². The van der Waals surface area contributed by atoms with Crippen LogP contribution < -0.4 is 4.74 Å². The van der Waals surface area contributed by atoms with Gasteiger partial charge in [-0.3, -0.25) is 9.80 Å². The van der Waals surface area contributed by atoms with E-state index >= 15 is 0 Å². The van der Waals surface area contributed by atoms with E-state index in [1.165, 1.54) is 6.07 Å². The Kier molecular flexibility index (Phi) is 4.05. The van der Waals surface area contributed by atoms with Crippen molar-refractivity contribution in [1.29, 1.82) is 0 Å². The summed E-state index contributed by atoms with van der Waals surface area (Å²) in [5.74, 6) is 1.07. The van der Waals surface area contributed by atoms with E-state index in [2.05, 4.69) is 16.4 Å². The van der Waals surface area contributed by atoms with Crippen molar-refractivity contribution in [1.82, 2.24) is 9.80 Å². The number of halogens is 1. The van der Waals surface area contributed by atoms with Gasteiger partial charge in [0, 0.05) is 59.9 Å². The van der Waals surface area contributed by atoms with Gasteiger partial charge in [0.25, 0.3) is 0 Å². The largest absolute Gasteiger partial charge is 0.508 e. The first-order valence-electron chi connectivity index (χ1n) is 12.1. The first kappa shape index (κ1) is 19.9. The Balaban J connectivity index is 1.34. The summed E-state index contributed by atoms with van der Waals surface area (Å²) in [6.45, 7) is 7.08. The van der Waals surface area contributed by atoms with E-state index in [0.717, 1.165) is 67.6 Å². The molecule has 0 unspecified atom stereocenters. The maximum Gasteiger partial charge on any atom is 0.165 e. The van der Waals surface area contributed by atoms with Crippen molar-refractivity contribution in [2.75, 3.05) is 13.1 Å². The van der Waals surface area contributed by atoms with Crippen molar-refractivity contribution in [2.45, 2.75) is 62.4 Å². The quantitative estimate of drug-likeness (QED) is 0.699. The van der Waals surface area contributed by atoms with E-state index in [1.807, 2.05) is 12.1 Å². The van der Waals surface area contributed by atoms with Crippen LogP contribution >= 0.6 is 0 Å². The smallest absolute Gasteiger partial charge is 0.165 e. The Bertz CT molecular complexity index is 1180. The van der Waals surface area contributed by atoms with Gasteiger partial charge in [-0.05, 0) is 49.8 Å². The van der Waals surface area contributed by atoms with E-state index in [0.29, 0.717) is 24.3 Å². The number of piperidine rings is 1. The average Bonchev–Trinajstić information content (AvgIpc) is 3.38. The molecule has 172 valence electrons. The molecule has 5 aliphatic rings. The lowest BCUT2D eigenvalue weighted by atomic mass is 9.51. The Morgan fingerprint density at radius 2 is 2.03 bits per heavy atom. The van der Waals surface area contributed by atoms with Crippen LogP contribution in [-0.2, 0) is 24.9 Å². The summed E-state index contributed by atoms with van der Waals surface area (Å²) in [6, 6.07) is 7.29. The number of likely N-dealkylation sites (tertiary alicyclic amines) is 1. The SMILES string of the molecule is C=CCN1CC[C@]23c4c5c(O)cc(O)c4O[C@H]2[C@H](N2Cc4cccc(F)c4C2)CC[C@H]3[C@H]1C5. The van der Waals surface area contributed by atoms with Crippen LogP contribution in [0, 0.1) is 11.7 Å². The number of aromatic hydroxyl groups is 2. The Morgan fingerprint density at radius 1 is 1.15 bits per heavy atom. The third-order valence-corrected chi connectivity index (χ3v) is 9.29. The van der Waals surface area contributed by atoms with Crippen LogP contribution in [0.5, 0.6) is 17.2 Å². The van der Waals surface area contributed by atoms with Crippen LogP contribution in [0.2, 0.25) is 0 Å². The van der Waals surface area contributed by atoms with Crippen molar-refractivity contribution in [2.24, 2.45) is 5.92 Å². The maximum absolute atomic E-state index is 14.5. The van der Waals surface area contributed by atoms with Gasteiger partial charge in [-0.25, -0.2) is 4.39 Å². The number of benzene rings is 2. The highest BCUT2D eigenvalue weighted by Gasteiger charge is 2.66. The number of phenols is 2. The Hall–Kier alpha value is -2.57. The normalized spacial score (nSPS) is 34.0. The maximum atomic E-state index is 14.5. The molecule has 5 atom stereocenters. The molecule has 6 heteroatoms. The molecular weight excluding hydrogens is 419 g/mol. The number of phenolic OH excluding ortho intramolecular Hbond substituents is 2. The van der Waals surface area contributed by atoms with Gasteiger partial charge in [0.1, 0.15) is 17.7 Å². The predicted octanol–water partition coefficient (Wildman–Crippen LogP) is 3.85. The fraction of sp³-hybridized carbons (Fsp3) is 0.481. The highest BCUT2D eigenvalue weighted by Crippen LogP contribution is 2.65. The first-order chi connectivity index (χ1) is 16.0. The number of ether oxygens (including phenoxy) is 1. The van der Waals surface area contributed by atoms with Gasteiger partial charge in [0.15, 0.2) is 11.5 Å². The number of nitrogens with zero attached hydrogens (tertiary/aromatic N) is 2. The van der Waals surface area contributed by atoms with Gasteiger partial charge in [0.2, 0.25) is 0 Å². The molecule has 33 heavy (non-hydrogen) atoms. The zero-order chi connectivity index (χ0) is 22.5. The second-order valence-corrected chi connectivity index (χ2v) is 10.5. The molecular formula is C27H29FN2O3. The van der Waals surface area contributed by atoms with Crippen molar-refractivity contribution in [3.63, 3.8) is 0 Å². The highest BCUT2D eigenvalue weighted by molar-refractivity contribution is 5.65. The van der Waals surface area contributed by atoms with Gasteiger partial charge in [0.05, 0.1) is 0 Å². The monoisotopic (exact) mass is 448 g/mol. The molecule has 5 nitrogen and oxygen atoms in total. The molecule has 0 radical (unpaired) electrons. The lowest BCUT2D eigenvalue weighted by Crippen LogP contribution is -2.68. The number of fused-ring (bicyclic) bond motifs is 1. The van der Waals surface area contributed by atoms with Gasteiger partial charge in [-0.2, -0.15) is 0 Å². The summed E-state index contributed by atoms with van der Waals surface area (Å²) in [5.41, 5.74) is 3.64. The van der Waals surface area contributed by atoms with Crippen molar-refractivity contribution in [3.8, 4) is 17.2 Å². The highest BCUT2D eigenvalue weighted by atomic mass is 19.1. The van der Waals surface area contributed by atoms with E-state index in [9.17, 15) is 14.6 Å². The molecule has 2 aromatic carbocycles. The molecule has 3 heterocycles. The third kappa shape index (κ3) is 2.43. The van der Waals surface area contributed by atoms with E-state index < -0.39 is 0 Å². The zero-order valence-corrected chi connectivity index (χ0v) is 18.6. The third-order valence-electron chi connectivity index (χ3n) is 9.29. The van der Waals surface area contributed by atoms with Crippen LogP contribution in [0.1, 0.15) is 41.5 Å². The van der Waals surface area contributed by atoms with Crippen molar-refractivity contribution in [3.05, 3.63) is 65.0 Å². The number of hydrogen-bond acceptors (Lipinski definition) is 5. The van der Waals surface area contributed by atoms with Crippen LogP contribution in [0.3, 0.4) is 0 Å². The zero-order valence-electron chi connectivity index (χ0n) is 18.6. The molecule has 3 aliphatic heterocycles. The van der Waals surface area contributed by atoms with Crippen LogP contribution in [0.15, 0.2) is 36.9 Å². The molecule has 0 amide bonds. The van der Waals surface area contributed by atoms with Crippen LogP contribution in [-0.4, -0.2) is 51.3 Å². The molecule has 2 aliphatic carbocycles. The summed E-state index contributed by atoms with van der Waals surface area (Å²) in [7, 11) is 0. The summed E-state index contributed by atoms with van der Waals surface area (Å²) in [5, 5.41) is 21.6. The minimum atomic E-state index is -0.224. The molecule has 7 rings (SSSR count). The fourth-order valence-corrected chi connectivity index (χ4v) is 8.07. The predicted molar refractivity (Wildman–Crippen MR) is 122 cm³/mol. The van der Waals surface area contributed by atoms with E-state index in [1.54, 1.807) is 12.1 Å². The molecule has 1 saturated carbocycles. The molecule has 0 aromatic heterocycles. The second-order valence-electron chi connectivity index (χ2n) is 10.5. The van der Waals surface area contributed by atoms with Gasteiger partial charge in [-0.1, -0.05) is 18.2 Å². The minimum Gasteiger partial charge on any atom is -0.508 e. The molecule has 1 spiro atoms. The van der Waals surface area contributed by atoms with Crippen LogP contribution in [0.25, 0.3) is 0 Å². The molecule has 2 N–H and O–H groups in total. The topological polar surface area (TPSA) is 56.2 Å². The Labute approximate surface area is 193 Å². The number of hydrogen-bond donors (Lipinski definition) is 2. The fourth-order valence-electron chi connectivity index (χ4n) is 8.07. The standard InChI is InChI=1S/C27H29FN2O3/c1-2-9-29-10-8-27-18-6-7-20(30-13-15-4-3-5-19(28)17(15)14-30)26(27)33-25-23(32)12-22(31)16(24(25)27)11-21(18)29/h2-5,12,18,20-21,26,31-32H,1,6-11,13-14H2/t18-,20+,21+,26-,27-/m0/s1.